The number of nitrogens with zero attached hydrogens (tertiary/aromatic N) is 5. The number of hydrogen-bond donors (Lipinski definition) is 1. The molecular weight excluding hydrogens is 768 g/mol. The Balaban J connectivity index is 1.07. The van der Waals surface area contributed by atoms with Crippen molar-refractivity contribution in [2.75, 3.05) is 67.4 Å². The summed E-state index contributed by atoms with van der Waals surface area (Å²) in [6.45, 7) is 6.58. The molecule has 14 heteroatoms. The van der Waals surface area contributed by atoms with Crippen LogP contribution in [0.3, 0.4) is 0 Å². The molecule has 5 aromatic carbocycles. The number of carbonyl (C=O) groups excluding carboxylic acids is 1. The second-order valence-electron chi connectivity index (χ2n) is 13.7. The van der Waals surface area contributed by atoms with Crippen LogP contribution >= 0.6 is 23.4 Å². The summed E-state index contributed by atoms with van der Waals surface area (Å²) in [5, 5.41) is 13.0. The quantitative estimate of drug-likeness (QED) is 0.0478. The Labute approximate surface area is 338 Å². The first-order valence-corrected chi connectivity index (χ1v) is 21.2. The number of thioether (sulfide) groups is 1. The number of piperazine rings is 1. The third-order valence-corrected chi connectivity index (χ3v) is 12.3. The Morgan fingerprint density at radius 2 is 1.61 bits per heavy atom. The van der Waals surface area contributed by atoms with Gasteiger partial charge in [-0.1, -0.05) is 61.0 Å². The zero-order valence-electron chi connectivity index (χ0n) is 31.6. The lowest BCUT2D eigenvalue weighted by atomic mass is 9.99. The van der Waals surface area contributed by atoms with E-state index < -0.39 is 20.9 Å². The highest BCUT2D eigenvalue weighted by atomic mass is 35.5. The smallest absolute Gasteiger partial charge is 0.293 e. The topological polar surface area (TPSA) is 119 Å². The molecule has 0 unspecified atom stereocenters. The lowest BCUT2D eigenvalue weighted by Crippen LogP contribution is -2.46. The Hall–Kier alpha value is -5.08. The molecule has 5 aromatic rings. The zero-order valence-corrected chi connectivity index (χ0v) is 34.0. The number of rotatable bonds is 15. The van der Waals surface area contributed by atoms with Gasteiger partial charge in [-0.25, -0.2) is 13.1 Å². The monoisotopic (exact) mass is 812 g/mol. The predicted molar refractivity (Wildman–Crippen MR) is 228 cm³/mol. The number of halogens is 1. The van der Waals surface area contributed by atoms with Crippen LogP contribution in [-0.2, 0) is 16.6 Å². The molecule has 6 rings (SSSR count). The first-order valence-electron chi connectivity index (χ1n) is 18.3. The largest absolute Gasteiger partial charge is 0.378 e. The number of nitro groups is 1. The Morgan fingerprint density at radius 3 is 2.29 bits per heavy atom. The lowest BCUT2D eigenvalue weighted by molar-refractivity contribution is -0.384. The molecule has 0 radical (unpaired) electrons. The van der Waals surface area contributed by atoms with Gasteiger partial charge in [0.25, 0.3) is 21.6 Å². The van der Waals surface area contributed by atoms with Crippen LogP contribution in [0.15, 0.2) is 125 Å². The van der Waals surface area contributed by atoms with Gasteiger partial charge in [0.15, 0.2) is 0 Å². The van der Waals surface area contributed by atoms with Crippen molar-refractivity contribution in [3.8, 4) is 11.1 Å². The van der Waals surface area contributed by atoms with Gasteiger partial charge in [-0.15, -0.1) is 11.8 Å². The Kier molecular flexibility index (Phi) is 13.2. The maximum Gasteiger partial charge on any atom is 0.293 e. The highest BCUT2D eigenvalue weighted by Gasteiger charge is 2.27. The molecule has 11 nitrogen and oxygen atoms in total. The fourth-order valence-corrected chi connectivity index (χ4v) is 8.72. The highest BCUT2D eigenvalue weighted by Crippen LogP contribution is 2.34. The molecule has 1 saturated heterocycles. The summed E-state index contributed by atoms with van der Waals surface area (Å²) < 4.78 is 28.9. The molecule has 0 saturated carbocycles. The summed E-state index contributed by atoms with van der Waals surface area (Å²) in [5.74, 6) is -0.406. The second kappa shape index (κ2) is 18.2. The molecule has 0 aliphatic carbocycles. The minimum atomic E-state index is -4.43. The van der Waals surface area contributed by atoms with Crippen LogP contribution in [0.4, 0.5) is 22.7 Å². The highest BCUT2D eigenvalue weighted by molar-refractivity contribution is 7.99. The molecule has 1 aliphatic heterocycles. The number of amides is 1. The van der Waals surface area contributed by atoms with E-state index in [1.54, 1.807) is 12.1 Å². The molecule has 1 N–H and O–H groups in total. The Morgan fingerprint density at radius 1 is 0.893 bits per heavy atom. The molecule has 1 amide bonds. The predicted octanol–water partition coefficient (Wildman–Crippen LogP) is 8.39. The van der Waals surface area contributed by atoms with E-state index >= 15 is 0 Å². The first-order chi connectivity index (χ1) is 26.9. The summed E-state index contributed by atoms with van der Waals surface area (Å²) in [7, 11) is -0.509. The van der Waals surface area contributed by atoms with Gasteiger partial charge in [-0.2, -0.15) is 0 Å². The van der Waals surface area contributed by atoms with Crippen molar-refractivity contribution >= 4 is 62.0 Å². The summed E-state index contributed by atoms with van der Waals surface area (Å²) >= 11 is 7.65. The van der Waals surface area contributed by atoms with Gasteiger partial charge in [0.2, 0.25) is 0 Å². The maximum absolute atomic E-state index is 13.4. The van der Waals surface area contributed by atoms with E-state index in [9.17, 15) is 23.3 Å². The van der Waals surface area contributed by atoms with Gasteiger partial charge in [-0.3, -0.25) is 19.8 Å². The fraction of sp³-hybridized carbons (Fsp3) is 0.262. The molecule has 292 valence electrons. The average Bonchev–Trinajstić information content (AvgIpc) is 3.20. The third-order valence-electron chi connectivity index (χ3n) is 9.67. The van der Waals surface area contributed by atoms with E-state index in [4.69, 9.17) is 11.6 Å². The number of anilines is 3. The minimum absolute atomic E-state index is 0.158. The summed E-state index contributed by atoms with van der Waals surface area (Å²) in [6.07, 6.45) is 0.724. The van der Waals surface area contributed by atoms with E-state index in [-0.39, 0.29) is 16.1 Å². The van der Waals surface area contributed by atoms with Gasteiger partial charge < -0.3 is 14.7 Å². The molecule has 1 heterocycles. The third kappa shape index (κ3) is 10.0. The van der Waals surface area contributed by atoms with Gasteiger partial charge in [0, 0.05) is 86.3 Å². The van der Waals surface area contributed by atoms with Crippen molar-refractivity contribution in [3.63, 3.8) is 0 Å². The van der Waals surface area contributed by atoms with Crippen LogP contribution in [-0.4, -0.2) is 76.8 Å². The van der Waals surface area contributed by atoms with Crippen LogP contribution in [0.25, 0.3) is 11.1 Å². The maximum atomic E-state index is 13.4. The standard InChI is InChI=1S/C42H45ClN6O5S2/c1-4-22-48(30-55-37-10-7-9-36(27-37)45(2)3)40-21-20-38(28-41(40)49(51)52)56(53,54)44-42(50)32-14-18-35(19-15-32)47-25-23-46(24-26-47)29-33-8-5-6-11-39(33)31-12-16-34(43)17-13-31/h5-21,27-28H,4,22-26,29-30H2,1-3H3,(H,44,50). The molecular formula is C42H45ClN6O5S2. The van der Waals surface area contributed by atoms with E-state index in [1.807, 2.05) is 97.5 Å². The summed E-state index contributed by atoms with van der Waals surface area (Å²) in [6, 6.07) is 34.8. The number of hydrogen-bond acceptors (Lipinski definition) is 10. The minimum Gasteiger partial charge on any atom is -0.378 e. The van der Waals surface area contributed by atoms with Crippen LogP contribution in [0, 0.1) is 10.1 Å². The van der Waals surface area contributed by atoms with Crippen molar-refractivity contribution in [2.45, 2.75) is 29.7 Å². The van der Waals surface area contributed by atoms with Crippen LogP contribution in [0.2, 0.25) is 5.02 Å². The number of carbonyl (C=O) groups is 1. The zero-order chi connectivity index (χ0) is 39.8. The first kappa shape index (κ1) is 40.6. The number of nitrogens with one attached hydrogen (secondary N) is 1. The molecule has 0 spiro atoms. The average molecular weight is 813 g/mol. The molecule has 1 aliphatic rings. The van der Waals surface area contributed by atoms with E-state index in [1.165, 1.54) is 35.0 Å². The molecule has 0 aromatic heterocycles. The van der Waals surface area contributed by atoms with Crippen molar-refractivity contribution in [3.05, 3.63) is 142 Å². The van der Waals surface area contributed by atoms with Crippen LogP contribution < -0.4 is 19.4 Å². The summed E-state index contributed by atoms with van der Waals surface area (Å²) in [5.41, 5.74) is 5.63. The van der Waals surface area contributed by atoms with Crippen molar-refractivity contribution in [1.82, 2.24) is 9.62 Å². The second-order valence-corrected chi connectivity index (χ2v) is 16.9. The SMILES string of the molecule is CCCN(CSc1cccc(N(C)C)c1)c1ccc(S(=O)(=O)NC(=O)c2ccc(N3CCN(Cc4ccccc4-c4ccc(Cl)cc4)CC3)cc2)cc1[N+](=O)[O-]. The fourth-order valence-electron chi connectivity index (χ4n) is 6.65. The van der Waals surface area contributed by atoms with Crippen molar-refractivity contribution < 1.29 is 18.1 Å². The number of benzene rings is 5. The number of sulfonamides is 1. The van der Waals surface area contributed by atoms with E-state index in [2.05, 4.69) is 32.7 Å². The molecule has 0 bridgehead atoms. The lowest BCUT2D eigenvalue weighted by Gasteiger charge is -2.36. The van der Waals surface area contributed by atoms with Crippen LogP contribution in [0.5, 0.6) is 0 Å². The Bertz CT molecular complexity index is 2260. The van der Waals surface area contributed by atoms with Gasteiger partial charge in [-0.05, 0) is 89.8 Å². The van der Waals surface area contributed by atoms with Crippen LogP contribution in [0.1, 0.15) is 29.3 Å². The molecule has 0 atom stereocenters. The van der Waals surface area contributed by atoms with Gasteiger partial charge >= 0.3 is 0 Å². The normalized spacial score (nSPS) is 13.3. The molecule has 1 fully saturated rings. The van der Waals surface area contributed by atoms with Gasteiger partial charge in [0.05, 0.1) is 15.7 Å². The van der Waals surface area contributed by atoms with Crippen molar-refractivity contribution in [1.29, 1.82) is 0 Å². The summed E-state index contributed by atoms with van der Waals surface area (Å²) in [4.78, 5) is 34.0. The van der Waals surface area contributed by atoms with E-state index in [0.29, 0.717) is 23.1 Å². The van der Waals surface area contributed by atoms with Crippen molar-refractivity contribution in [2.24, 2.45) is 0 Å². The number of nitro benzene ring substituents is 1. The van der Waals surface area contributed by atoms with E-state index in [0.717, 1.165) is 67.0 Å². The molecule has 56 heavy (non-hydrogen) atoms. The van der Waals surface area contributed by atoms with Gasteiger partial charge in [0.1, 0.15) is 5.69 Å².